The van der Waals surface area contributed by atoms with E-state index in [2.05, 4.69) is 47.7 Å². The van der Waals surface area contributed by atoms with Gasteiger partial charge < -0.3 is 19.5 Å². The van der Waals surface area contributed by atoms with E-state index < -0.39 is 5.91 Å². The zero-order valence-electron chi connectivity index (χ0n) is 17.5. The fourth-order valence-electron chi connectivity index (χ4n) is 2.45. The minimum atomic E-state index is -0.443. The molecule has 2 rings (SSSR count). The average Bonchev–Trinajstić information content (AvgIpc) is 2.73. The lowest BCUT2D eigenvalue weighted by Crippen LogP contribution is -2.26. The van der Waals surface area contributed by atoms with Gasteiger partial charge in [-0.3, -0.25) is 9.59 Å². The second-order valence-electron chi connectivity index (χ2n) is 6.49. The molecule has 0 atom stereocenters. The van der Waals surface area contributed by atoms with Crippen LogP contribution in [0.2, 0.25) is 0 Å². The molecule has 8 nitrogen and oxygen atoms in total. The van der Waals surface area contributed by atoms with Crippen LogP contribution in [0.15, 0.2) is 44.4 Å². The van der Waals surface area contributed by atoms with Crippen molar-refractivity contribution in [2.45, 2.75) is 20.3 Å². The van der Waals surface area contributed by atoms with Gasteiger partial charge in [0.25, 0.3) is 5.91 Å². The number of methoxy groups -OCH3 is 2. The fourth-order valence-corrected chi connectivity index (χ4v) is 3.56. The number of anilines is 1. The molecule has 0 aromatic heterocycles. The standard InChI is InChI=1S/C21H23Br2N3O5/c1-12-7-19(16(23)10-15(12)22)31-11-21(28)26-25-13(2)8-20(27)24-17-9-14(29-3)5-6-18(17)30-4/h5-7,9-10H,8,11H2,1-4H3,(H,24,27)(H,26,28)/b25-13-. The van der Waals surface area contributed by atoms with Crippen LogP contribution in [0.25, 0.3) is 0 Å². The minimum Gasteiger partial charge on any atom is -0.497 e. The molecule has 31 heavy (non-hydrogen) atoms. The first-order valence-corrected chi connectivity index (χ1v) is 10.7. The van der Waals surface area contributed by atoms with Crippen molar-refractivity contribution in [2.75, 3.05) is 26.1 Å². The Labute approximate surface area is 197 Å². The quantitative estimate of drug-likeness (QED) is 0.351. The normalized spacial score (nSPS) is 11.0. The predicted molar refractivity (Wildman–Crippen MR) is 126 cm³/mol. The number of halogens is 2. The largest absolute Gasteiger partial charge is 0.497 e. The van der Waals surface area contributed by atoms with E-state index >= 15 is 0 Å². The zero-order chi connectivity index (χ0) is 23.0. The number of carbonyl (C=O) groups excluding carboxylic acids is 2. The summed E-state index contributed by atoms with van der Waals surface area (Å²) in [6.45, 7) is 3.34. The molecule has 2 amide bonds. The van der Waals surface area contributed by atoms with E-state index in [0.717, 1.165) is 14.5 Å². The zero-order valence-corrected chi connectivity index (χ0v) is 20.7. The summed E-state index contributed by atoms with van der Waals surface area (Å²) < 4.78 is 17.6. The number of amides is 2. The van der Waals surface area contributed by atoms with Crippen molar-refractivity contribution in [1.82, 2.24) is 5.43 Å². The summed E-state index contributed by atoms with van der Waals surface area (Å²) in [6, 6.07) is 8.74. The Morgan fingerprint density at radius 2 is 1.74 bits per heavy atom. The molecular weight excluding hydrogens is 534 g/mol. The van der Waals surface area contributed by atoms with Crippen molar-refractivity contribution >= 4 is 55.1 Å². The summed E-state index contributed by atoms with van der Waals surface area (Å²) in [5.74, 6) is 0.877. The molecule has 2 aromatic rings. The maximum Gasteiger partial charge on any atom is 0.277 e. The average molecular weight is 557 g/mol. The topological polar surface area (TPSA) is 98.3 Å². The molecule has 0 bridgehead atoms. The van der Waals surface area contributed by atoms with Crippen LogP contribution >= 0.6 is 31.9 Å². The molecular formula is C21H23Br2N3O5. The summed E-state index contributed by atoms with van der Waals surface area (Å²) >= 11 is 6.82. The second-order valence-corrected chi connectivity index (χ2v) is 8.20. The van der Waals surface area contributed by atoms with Gasteiger partial charge in [-0.15, -0.1) is 0 Å². The Balaban J connectivity index is 1.87. The Bertz CT molecular complexity index is 995. The first-order valence-electron chi connectivity index (χ1n) is 9.15. The monoisotopic (exact) mass is 555 g/mol. The van der Waals surface area contributed by atoms with Crippen LogP contribution in [-0.2, 0) is 9.59 Å². The van der Waals surface area contributed by atoms with Crippen molar-refractivity contribution < 1.29 is 23.8 Å². The number of nitrogens with one attached hydrogen (secondary N) is 2. The number of benzene rings is 2. The molecule has 0 aliphatic carbocycles. The number of hydrogen-bond donors (Lipinski definition) is 2. The third-order valence-electron chi connectivity index (χ3n) is 4.04. The third-order valence-corrected chi connectivity index (χ3v) is 5.51. The van der Waals surface area contributed by atoms with Crippen molar-refractivity contribution in [3.05, 3.63) is 44.8 Å². The number of nitrogens with zero attached hydrogens (tertiary/aromatic N) is 1. The number of hydrazone groups is 1. The van der Waals surface area contributed by atoms with Gasteiger partial charge in [-0.1, -0.05) is 15.9 Å². The van der Waals surface area contributed by atoms with Crippen molar-refractivity contribution in [1.29, 1.82) is 0 Å². The predicted octanol–water partition coefficient (Wildman–Crippen LogP) is 4.44. The lowest BCUT2D eigenvalue weighted by molar-refractivity contribution is -0.123. The van der Waals surface area contributed by atoms with Gasteiger partial charge in [0.1, 0.15) is 17.2 Å². The highest BCUT2D eigenvalue weighted by Crippen LogP contribution is 2.31. The number of ether oxygens (including phenoxy) is 3. The number of aryl methyl sites for hydroxylation is 1. The van der Waals surface area contributed by atoms with Crippen LogP contribution in [0.3, 0.4) is 0 Å². The lowest BCUT2D eigenvalue weighted by Gasteiger charge is -2.12. The van der Waals surface area contributed by atoms with E-state index in [1.54, 1.807) is 25.1 Å². The van der Waals surface area contributed by atoms with Crippen LogP contribution in [-0.4, -0.2) is 38.4 Å². The molecule has 2 N–H and O–H groups in total. The molecule has 2 aromatic carbocycles. The minimum absolute atomic E-state index is 0.0149. The SMILES string of the molecule is COc1ccc(OC)c(NC(=O)C/C(C)=N\NC(=O)COc2cc(C)c(Br)cc2Br)c1. The maximum absolute atomic E-state index is 12.3. The van der Waals surface area contributed by atoms with E-state index in [1.807, 2.05) is 19.1 Å². The van der Waals surface area contributed by atoms with Crippen LogP contribution in [0, 0.1) is 6.92 Å². The molecule has 0 saturated heterocycles. The highest BCUT2D eigenvalue weighted by molar-refractivity contribution is 9.11. The third kappa shape index (κ3) is 7.55. The molecule has 0 aliphatic heterocycles. The van der Waals surface area contributed by atoms with Gasteiger partial charge in [0.05, 0.1) is 30.8 Å². The Kier molecular flexibility index (Phi) is 9.32. The van der Waals surface area contributed by atoms with Crippen LogP contribution in [0.1, 0.15) is 18.9 Å². The molecule has 0 heterocycles. The summed E-state index contributed by atoms with van der Waals surface area (Å²) in [4.78, 5) is 24.3. The highest BCUT2D eigenvalue weighted by atomic mass is 79.9. The van der Waals surface area contributed by atoms with Crippen LogP contribution < -0.4 is 25.0 Å². The Hall–Kier alpha value is -2.59. The Morgan fingerprint density at radius 1 is 1.00 bits per heavy atom. The summed E-state index contributed by atoms with van der Waals surface area (Å²) in [7, 11) is 3.04. The van der Waals surface area contributed by atoms with Gasteiger partial charge in [0.15, 0.2) is 6.61 Å². The molecule has 0 fully saturated rings. The summed E-state index contributed by atoms with van der Waals surface area (Å²) in [6.07, 6.45) is -0.0149. The van der Waals surface area contributed by atoms with Gasteiger partial charge in [0, 0.05) is 16.3 Å². The van der Waals surface area contributed by atoms with E-state index in [1.165, 1.54) is 14.2 Å². The molecule has 0 unspecified atom stereocenters. The summed E-state index contributed by atoms with van der Waals surface area (Å²) in [5.41, 5.74) is 4.26. The van der Waals surface area contributed by atoms with E-state index in [4.69, 9.17) is 14.2 Å². The number of rotatable bonds is 9. The number of carbonyl (C=O) groups is 2. The van der Waals surface area contributed by atoms with Crippen molar-refractivity contribution in [3.8, 4) is 17.2 Å². The summed E-state index contributed by atoms with van der Waals surface area (Å²) in [5, 5.41) is 6.70. The molecule has 0 aliphatic rings. The smallest absolute Gasteiger partial charge is 0.277 e. The number of hydrogen-bond acceptors (Lipinski definition) is 6. The van der Waals surface area contributed by atoms with Crippen LogP contribution in [0.5, 0.6) is 17.2 Å². The molecule has 10 heteroatoms. The van der Waals surface area contributed by atoms with E-state index in [0.29, 0.717) is 28.6 Å². The first kappa shape index (κ1) is 24.7. The lowest BCUT2D eigenvalue weighted by atomic mass is 10.2. The first-order chi connectivity index (χ1) is 14.7. The van der Waals surface area contributed by atoms with Gasteiger partial charge in [-0.05, 0) is 59.6 Å². The molecule has 0 spiro atoms. The van der Waals surface area contributed by atoms with Crippen molar-refractivity contribution in [2.24, 2.45) is 5.10 Å². The second kappa shape index (κ2) is 11.7. The van der Waals surface area contributed by atoms with Gasteiger partial charge in [-0.25, -0.2) is 5.43 Å². The molecule has 0 saturated carbocycles. The van der Waals surface area contributed by atoms with Gasteiger partial charge >= 0.3 is 0 Å². The molecule has 166 valence electrons. The van der Waals surface area contributed by atoms with E-state index in [-0.39, 0.29) is 18.9 Å². The van der Waals surface area contributed by atoms with Gasteiger partial charge in [0.2, 0.25) is 5.91 Å². The maximum atomic E-state index is 12.3. The van der Waals surface area contributed by atoms with Crippen molar-refractivity contribution in [3.63, 3.8) is 0 Å². The Morgan fingerprint density at radius 3 is 2.42 bits per heavy atom. The molecule has 0 radical (unpaired) electrons. The van der Waals surface area contributed by atoms with Gasteiger partial charge in [-0.2, -0.15) is 5.10 Å². The van der Waals surface area contributed by atoms with E-state index in [9.17, 15) is 9.59 Å². The highest BCUT2D eigenvalue weighted by Gasteiger charge is 2.11. The fraction of sp³-hybridized carbons (Fsp3) is 0.286. The van der Waals surface area contributed by atoms with Crippen LogP contribution in [0.4, 0.5) is 5.69 Å².